The first-order valence-corrected chi connectivity index (χ1v) is 15.1. The Labute approximate surface area is 219 Å². The number of methoxy groups -OCH3 is 1. The van der Waals surface area contributed by atoms with Gasteiger partial charge in [0.25, 0.3) is 5.91 Å². The predicted octanol–water partition coefficient (Wildman–Crippen LogP) is 2.07. The highest BCUT2D eigenvalue weighted by atomic mass is 32.2. The Balaban J connectivity index is 2.00. The number of carbonyl (C=O) groups excluding carboxylic acids is 2. The third-order valence-electron chi connectivity index (χ3n) is 5.58. The van der Waals surface area contributed by atoms with Gasteiger partial charge < -0.3 is 9.30 Å². The predicted molar refractivity (Wildman–Crippen MR) is 139 cm³/mol. The van der Waals surface area contributed by atoms with Gasteiger partial charge in [-0.25, -0.2) is 26.3 Å². The molecule has 0 atom stereocenters. The maximum Gasteiger partial charge on any atom is 0.307 e. The molecular formula is C23H28N4O7S3. The summed E-state index contributed by atoms with van der Waals surface area (Å²) in [4.78, 5) is 29.1. The minimum absolute atomic E-state index is 0.00124. The summed E-state index contributed by atoms with van der Waals surface area (Å²) in [5.41, 5.74) is 0.724. The minimum Gasteiger partial charge on any atom is -0.469 e. The van der Waals surface area contributed by atoms with E-state index in [1.165, 1.54) is 60.9 Å². The minimum atomic E-state index is -3.95. The summed E-state index contributed by atoms with van der Waals surface area (Å²) in [5.74, 6) is -1.10. The Morgan fingerprint density at radius 1 is 1.08 bits per heavy atom. The molecule has 0 radical (unpaired) electrons. The number of fused-ring (bicyclic) bond motifs is 1. The lowest BCUT2D eigenvalue weighted by atomic mass is 10.2. The maximum atomic E-state index is 13.0. The Morgan fingerprint density at radius 3 is 2.32 bits per heavy atom. The first kappa shape index (κ1) is 28.7. The van der Waals surface area contributed by atoms with Crippen LogP contribution in [0.4, 0.5) is 0 Å². The van der Waals surface area contributed by atoms with Crippen molar-refractivity contribution < 1.29 is 31.2 Å². The Morgan fingerprint density at radius 2 is 1.73 bits per heavy atom. The third kappa shape index (κ3) is 6.70. The molecule has 0 unspecified atom stereocenters. The van der Waals surface area contributed by atoms with Gasteiger partial charge in [0.15, 0.2) is 4.80 Å². The number of unbranched alkanes of at least 4 members (excludes halogenated alkanes) is 1. The molecule has 0 aliphatic carbocycles. The molecule has 0 spiro atoms. The van der Waals surface area contributed by atoms with Gasteiger partial charge in [0.2, 0.25) is 20.0 Å². The second-order valence-electron chi connectivity index (χ2n) is 8.16. The van der Waals surface area contributed by atoms with Crippen LogP contribution in [0.5, 0.6) is 0 Å². The van der Waals surface area contributed by atoms with Crippen LogP contribution in [0.15, 0.2) is 57.2 Å². The molecule has 1 heterocycles. The normalized spacial score (nSPS) is 12.8. The topological polar surface area (TPSA) is 158 Å². The summed E-state index contributed by atoms with van der Waals surface area (Å²) in [6, 6.07) is 9.73. The molecule has 0 saturated heterocycles. The largest absolute Gasteiger partial charge is 0.469 e. The fraction of sp³-hybridized carbons (Fsp3) is 0.348. The van der Waals surface area contributed by atoms with Crippen molar-refractivity contribution in [1.29, 1.82) is 0 Å². The molecule has 37 heavy (non-hydrogen) atoms. The molecule has 11 nitrogen and oxygen atoms in total. The van der Waals surface area contributed by atoms with Crippen LogP contribution in [0, 0.1) is 0 Å². The molecule has 1 amide bonds. The zero-order valence-electron chi connectivity index (χ0n) is 20.6. The molecule has 3 aromatic rings. The van der Waals surface area contributed by atoms with Gasteiger partial charge in [0.1, 0.15) is 0 Å². The van der Waals surface area contributed by atoms with Gasteiger partial charge in [-0.15, -0.1) is 0 Å². The highest BCUT2D eigenvalue weighted by Gasteiger charge is 2.21. The molecule has 1 aromatic heterocycles. The van der Waals surface area contributed by atoms with Gasteiger partial charge in [-0.2, -0.15) is 4.99 Å². The molecule has 200 valence electrons. The lowest BCUT2D eigenvalue weighted by molar-refractivity contribution is -0.140. The number of hydrogen-bond donors (Lipinski definition) is 1. The van der Waals surface area contributed by atoms with Crippen molar-refractivity contribution in [3.8, 4) is 0 Å². The van der Waals surface area contributed by atoms with Gasteiger partial charge in [0.05, 0.1) is 33.5 Å². The third-order valence-corrected chi connectivity index (χ3v) is 9.41. The van der Waals surface area contributed by atoms with Crippen molar-refractivity contribution in [2.75, 3.05) is 20.7 Å². The first-order chi connectivity index (χ1) is 17.4. The van der Waals surface area contributed by atoms with Gasteiger partial charge in [-0.05, 0) is 48.9 Å². The molecule has 0 fully saturated rings. The number of benzene rings is 2. The fourth-order valence-corrected chi connectivity index (χ4v) is 6.36. The van der Waals surface area contributed by atoms with Crippen LogP contribution in [-0.4, -0.2) is 58.3 Å². The van der Waals surface area contributed by atoms with E-state index in [4.69, 9.17) is 9.88 Å². The van der Waals surface area contributed by atoms with Crippen LogP contribution < -0.4 is 9.94 Å². The number of esters is 1. The number of nitrogens with zero attached hydrogens (tertiary/aromatic N) is 3. The zero-order chi connectivity index (χ0) is 27.4. The SMILES string of the molecule is CCCCN(C)S(=O)(=O)c1ccc(C(=O)N=c2sc3cc(S(N)(=O)=O)ccc3n2CCC(=O)OC)cc1. The lowest BCUT2D eigenvalue weighted by Gasteiger charge is -2.16. The van der Waals surface area contributed by atoms with Crippen molar-refractivity contribution in [2.45, 2.75) is 42.5 Å². The summed E-state index contributed by atoms with van der Waals surface area (Å²) in [6.07, 6.45) is 1.59. The number of primary sulfonamides is 1. The molecule has 14 heteroatoms. The molecule has 0 aliphatic heterocycles. The van der Waals surface area contributed by atoms with Crippen LogP contribution in [0.25, 0.3) is 10.2 Å². The van der Waals surface area contributed by atoms with E-state index in [-0.39, 0.29) is 33.1 Å². The number of ether oxygens (including phenoxy) is 1. The van der Waals surface area contributed by atoms with E-state index in [0.29, 0.717) is 16.8 Å². The average molecular weight is 569 g/mol. The van der Waals surface area contributed by atoms with Crippen molar-refractivity contribution >= 4 is 53.5 Å². The van der Waals surface area contributed by atoms with E-state index in [1.807, 2.05) is 6.92 Å². The fourth-order valence-electron chi connectivity index (χ4n) is 3.44. The molecule has 0 bridgehead atoms. The van der Waals surface area contributed by atoms with Gasteiger partial charge in [0, 0.05) is 25.7 Å². The summed E-state index contributed by atoms with van der Waals surface area (Å²) in [5, 5.41) is 5.24. The molecular weight excluding hydrogens is 540 g/mol. The number of hydrogen-bond acceptors (Lipinski definition) is 8. The van der Waals surface area contributed by atoms with Crippen LogP contribution in [0.2, 0.25) is 0 Å². The van der Waals surface area contributed by atoms with Gasteiger partial charge in [-0.1, -0.05) is 24.7 Å². The maximum absolute atomic E-state index is 13.0. The number of carbonyl (C=O) groups is 2. The van der Waals surface area contributed by atoms with E-state index >= 15 is 0 Å². The van der Waals surface area contributed by atoms with Crippen LogP contribution in [0.3, 0.4) is 0 Å². The number of aromatic nitrogens is 1. The monoisotopic (exact) mass is 568 g/mol. The van der Waals surface area contributed by atoms with Crippen LogP contribution >= 0.6 is 11.3 Å². The second-order valence-corrected chi connectivity index (χ2v) is 12.8. The number of thiazole rings is 1. The summed E-state index contributed by atoms with van der Waals surface area (Å²) in [7, 11) is -4.86. The summed E-state index contributed by atoms with van der Waals surface area (Å²) >= 11 is 1.06. The van der Waals surface area contributed by atoms with Crippen molar-refractivity contribution in [1.82, 2.24) is 8.87 Å². The van der Waals surface area contributed by atoms with E-state index in [2.05, 4.69) is 4.99 Å². The van der Waals surface area contributed by atoms with Gasteiger partial charge >= 0.3 is 5.97 Å². The van der Waals surface area contributed by atoms with Crippen molar-refractivity contribution in [3.05, 3.63) is 52.8 Å². The number of aryl methyl sites for hydroxylation is 1. The Kier molecular flexibility index (Phi) is 9.02. The zero-order valence-corrected chi connectivity index (χ0v) is 23.0. The molecule has 0 saturated carbocycles. The summed E-state index contributed by atoms with van der Waals surface area (Å²) in [6.45, 7) is 2.49. The van der Waals surface area contributed by atoms with Crippen molar-refractivity contribution in [3.63, 3.8) is 0 Å². The quantitative estimate of drug-likeness (QED) is 0.367. The van der Waals surface area contributed by atoms with Crippen molar-refractivity contribution in [2.24, 2.45) is 10.1 Å². The number of sulfonamides is 2. The van der Waals surface area contributed by atoms with E-state index < -0.39 is 31.9 Å². The molecule has 0 aliphatic rings. The van der Waals surface area contributed by atoms with Crippen LogP contribution in [-0.2, 0) is 36.1 Å². The number of rotatable bonds is 10. The molecule has 3 rings (SSSR count). The number of amides is 1. The van der Waals surface area contributed by atoms with E-state index in [9.17, 15) is 26.4 Å². The Bertz CT molecular complexity index is 1590. The Hall–Kier alpha value is -2.91. The smallest absolute Gasteiger partial charge is 0.307 e. The van der Waals surface area contributed by atoms with E-state index in [0.717, 1.165) is 24.2 Å². The molecule has 2 N–H and O–H groups in total. The lowest BCUT2D eigenvalue weighted by Crippen LogP contribution is -2.27. The van der Waals surface area contributed by atoms with Crippen LogP contribution in [0.1, 0.15) is 36.5 Å². The highest BCUT2D eigenvalue weighted by molar-refractivity contribution is 7.89. The standard InChI is InChI=1S/C23H28N4O7S3/c1-4-5-13-26(2)37(32,33)17-8-6-16(7-9-17)22(29)25-23-27(14-12-21(28)34-3)19-11-10-18(36(24,30)31)15-20(19)35-23/h6-11,15H,4-5,12-14H2,1-3H3,(H2,24,30,31). The summed E-state index contributed by atoms with van der Waals surface area (Å²) < 4.78 is 57.1. The second kappa shape index (κ2) is 11.6. The average Bonchev–Trinajstić information content (AvgIpc) is 3.21. The molecule has 2 aromatic carbocycles. The van der Waals surface area contributed by atoms with E-state index in [1.54, 1.807) is 4.57 Å². The van der Waals surface area contributed by atoms with Gasteiger partial charge in [-0.3, -0.25) is 9.59 Å². The number of nitrogens with two attached hydrogens (primary N) is 1. The first-order valence-electron chi connectivity index (χ1n) is 11.3. The highest BCUT2D eigenvalue weighted by Crippen LogP contribution is 2.22.